The van der Waals surface area contributed by atoms with Crippen LogP contribution in [0.5, 0.6) is 0 Å². The summed E-state index contributed by atoms with van der Waals surface area (Å²) in [6.45, 7) is 1.95. The average molecular weight is 402 g/mol. The largest absolute Gasteiger partial charge is 0.335 e. The fourth-order valence-electron chi connectivity index (χ4n) is 3.15. The molecule has 1 saturated heterocycles. The number of nitrogens with zero attached hydrogens (tertiary/aromatic N) is 1. The quantitative estimate of drug-likeness (QED) is 0.826. The van der Waals surface area contributed by atoms with E-state index in [1.807, 2.05) is 43.3 Å². The van der Waals surface area contributed by atoms with E-state index in [-0.39, 0.29) is 28.7 Å². The lowest BCUT2D eigenvalue weighted by atomic mass is 10.1. The van der Waals surface area contributed by atoms with Crippen molar-refractivity contribution >= 4 is 44.0 Å². The lowest BCUT2D eigenvalue weighted by molar-refractivity contribution is 0.102. The summed E-state index contributed by atoms with van der Waals surface area (Å²) in [4.78, 5) is 17.0. The third kappa shape index (κ3) is 4.01. The van der Waals surface area contributed by atoms with E-state index in [9.17, 15) is 13.2 Å². The fraction of sp³-hybridized carbons (Fsp3) is 0.263. The van der Waals surface area contributed by atoms with E-state index in [1.54, 1.807) is 12.1 Å². The number of aryl methyl sites for hydroxylation is 1. The molecule has 2 atom stereocenters. The molecule has 0 saturated carbocycles. The van der Waals surface area contributed by atoms with Crippen LogP contribution in [0.2, 0.25) is 0 Å². The maximum absolute atomic E-state index is 12.5. The first-order chi connectivity index (χ1) is 12.9. The number of hydrogen-bond acceptors (Lipinski definition) is 6. The van der Waals surface area contributed by atoms with Gasteiger partial charge in [-0.1, -0.05) is 36.0 Å². The van der Waals surface area contributed by atoms with Gasteiger partial charge >= 0.3 is 0 Å². The van der Waals surface area contributed by atoms with Crippen molar-refractivity contribution in [3.63, 3.8) is 0 Å². The molecule has 0 aromatic heterocycles. The molecule has 2 aliphatic rings. The highest BCUT2D eigenvalue weighted by Crippen LogP contribution is 2.35. The highest BCUT2D eigenvalue weighted by Gasteiger charge is 2.42. The Morgan fingerprint density at radius 3 is 2.67 bits per heavy atom. The number of sulfone groups is 1. The zero-order valence-corrected chi connectivity index (χ0v) is 16.3. The van der Waals surface area contributed by atoms with Gasteiger partial charge in [-0.3, -0.25) is 9.79 Å². The summed E-state index contributed by atoms with van der Waals surface area (Å²) >= 11 is 1.46. The number of aliphatic imine (C=N–C) groups is 1. The molecule has 8 heteroatoms. The molecule has 1 fully saturated rings. The number of nitrogens with one attached hydrogen (secondary N) is 2. The molecular formula is C19H19N3O3S2. The van der Waals surface area contributed by atoms with Gasteiger partial charge in [0.25, 0.3) is 5.91 Å². The van der Waals surface area contributed by atoms with Crippen molar-refractivity contribution in [1.82, 2.24) is 0 Å². The third-order valence-corrected chi connectivity index (χ3v) is 7.73. The molecule has 0 bridgehead atoms. The van der Waals surface area contributed by atoms with Crippen LogP contribution in [0.3, 0.4) is 0 Å². The molecule has 0 unspecified atom stereocenters. The predicted molar refractivity (Wildman–Crippen MR) is 110 cm³/mol. The minimum atomic E-state index is -2.97. The van der Waals surface area contributed by atoms with E-state index in [1.165, 1.54) is 11.8 Å². The first-order valence-electron chi connectivity index (χ1n) is 8.58. The van der Waals surface area contributed by atoms with Crippen LogP contribution in [0.15, 0.2) is 53.5 Å². The fourth-order valence-corrected chi connectivity index (χ4v) is 6.82. The van der Waals surface area contributed by atoms with Gasteiger partial charge in [-0.25, -0.2) is 8.42 Å². The Balaban J connectivity index is 1.49. The highest BCUT2D eigenvalue weighted by atomic mass is 32.2. The smallest absolute Gasteiger partial charge is 0.255 e. The first kappa shape index (κ1) is 18.1. The Labute approximate surface area is 162 Å². The molecule has 1 amide bonds. The number of anilines is 2. The number of amides is 1. The molecule has 27 heavy (non-hydrogen) atoms. The lowest BCUT2D eigenvalue weighted by Crippen LogP contribution is -2.14. The topological polar surface area (TPSA) is 87.6 Å². The molecule has 0 spiro atoms. The Bertz CT molecular complexity index is 1020. The van der Waals surface area contributed by atoms with Gasteiger partial charge in [0.05, 0.1) is 17.5 Å². The van der Waals surface area contributed by atoms with Crippen molar-refractivity contribution in [3.8, 4) is 0 Å². The number of carbonyl (C=O) groups is 1. The van der Waals surface area contributed by atoms with Crippen molar-refractivity contribution in [2.24, 2.45) is 4.99 Å². The first-order valence-corrected chi connectivity index (χ1v) is 11.3. The zero-order valence-electron chi connectivity index (χ0n) is 14.7. The molecule has 0 radical (unpaired) electrons. The third-order valence-electron chi connectivity index (χ3n) is 4.59. The highest BCUT2D eigenvalue weighted by molar-refractivity contribution is 8.15. The minimum Gasteiger partial charge on any atom is -0.335 e. The van der Waals surface area contributed by atoms with Crippen LogP contribution in [0, 0.1) is 6.92 Å². The summed E-state index contributed by atoms with van der Waals surface area (Å²) in [6, 6.07) is 14.6. The Hall–Kier alpha value is -2.32. The molecule has 6 nitrogen and oxygen atoms in total. The van der Waals surface area contributed by atoms with E-state index >= 15 is 0 Å². The van der Waals surface area contributed by atoms with E-state index in [2.05, 4.69) is 15.6 Å². The summed E-state index contributed by atoms with van der Waals surface area (Å²) in [5.74, 6) is 0.109. The van der Waals surface area contributed by atoms with Gasteiger partial charge in [-0.15, -0.1) is 0 Å². The van der Waals surface area contributed by atoms with E-state index < -0.39 is 9.84 Å². The Morgan fingerprint density at radius 1 is 1.15 bits per heavy atom. The predicted octanol–water partition coefficient (Wildman–Crippen LogP) is 2.93. The van der Waals surface area contributed by atoms with E-state index in [0.29, 0.717) is 10.7 Å². The molecule has 140 valence electrons. The SMILES string of the molecule is Cc1ccc(C(=O)Nc2ccccc2)cc1NC1=N[C@@H]2CS(=O)(=O)C[C@H]2S1. The second-order valence-corrected chi connectivity index (χ2v) is 10.1. The summed E-state index contributed by atoms with van der Waals surface area (Å²) < 4.78 is 23.4. The monoisotopic (exact) mass is 401 g/mol. The van der Waals surface area contributed by atoms with Gasteiger partial charge in [0.1, 0.15) is 0 Å². The molecular weight excluding hydrogens is 382 g/mol. The Kier molecular flexibility index (Phi) is 4.69. The van der Waals surface area contributed by atoms with E-state index in [4.69, 9.17) is 0 Å². The number of para-hydroxylation sites is 1. The van der Waals surface area contributed by atoms with Gasteiger partial charge in [0.15, 0.2) is 15.0 Å². The van der Waals surface area contributed by atoms with Crippen LogP contribution in [-0.2, 0) is 9.84 Å². The van der Waals surface area contributed by atoms with Crippen LogP contribution < -0.4 is 10.6 Å². The number of thioether (sulfide) groups is 1. The zero-order chi connectivity index (χ0) is 19.0. The second-order valence-electron chi connectivity index (χ2n) is 6.71. The number of amidine groups is 1. The van der Waals surface area contributed by atoms with Gasteiger partial charge in [-0.05, 0) is 36.8 Å². The van der Waals surface area contributed by atoms with Crippen LogP contribution in [-0.4, -0.2) is 42.3 Å². The normalized spacial score (nSPS) is 22.8. The molecule has 2 N–H and O–H groups in total. The lowest BCUT2D eigenvalue weighted by Gasteiger charge is -2.12. The average Bonchev–Trinajstić information content (AvgIpc) is 3.10. The van der Waals surface area contributed by atoms with Crippen molar-refractivity contribution < 1.29 is 13.2 Å². The number of hydrogen-bond donors (Lipinski definition) is 2. The molecule has 0 aliphatic carbocycles. The standard InChI is InChI=1S/C19H19N3O3S2/c1-12-7-8-13(18(23)20-14-5-3-2-4-6-14)9-15(12)21-19-22-16-10-27(24,25)11-17(16)26-19/h2-9,16-17H,10-11H2,1H3,(H,20,23)(H,21,22)/t16-,17-/m1/s1. The van der Waals surface area contributed by atoms with Crippen LogP contribution in [0.4, 0.5) is 11.4 Å². The molecule has 2 aromatic rings. The summed E-state index contributed by atoms with van der Waals surface area (Å²) in [6.07, 6.45) is 0. The van der Waals surface area contributed by atoms with Gasteiger partial charge in [0.2, 0.25) is 0 Å². The minimum absolute atomic E-state index is 0.0117. The molecule has 4 rings (SSSR count). The van der Waals surface area contributed by atoms with Crippen molar-refractivity contribution in [1.29, 1.82) is 0 Å². The van der Waals surface area contributed by atoms with Gasteiger partial charge in [0, 0.05) is 22.2 Å². The van der Waals surface area contributed by atoms with Crippen LogP contribution >= 0.6 is 11.8 Å². The van der Waals surface area contributed by atoms with Gasteiger partial charge < -0.3 is 10.6 Å². The maximum atomic E-state index is 12.5. The summed E-state index contributed by atoms with van der Waals surface area (Å²) in [7, 11) is -2.97. The van der Waals surface area contributed by atoms with Gasteiger partial charge in [-0.2, -0.15) is 0 Å². The molecule has 2 aromatic carbocycles. The number of fused-ring (bicyclic) bond motifs is 1. The van der Waals surface area contributed by atoms with Crippen molar-refractivity contribution in [3.05, 3.63) is 59.7 Å². The van der Waals surface area contributed by atoms with Crippen LogP contribution in [0.25, 0.3) is 0 Å². The molecule has 2 heterocycles. The molecule has 2 aliphatic heterocycles. The Morgan fingerprint density at radius 2 is 1.93 bits per heavy atom. The summed E-state index contributed by atoms with van der Waals surface area (Å²) in [5.41, 5.74) is 3.06. The van der Waals surface area contributed by atoms with Crippen molar-refractivity contribution in [2.75, 3.05) is 22.1 Å². The maximum Gasteiger partial charge on any atom is 0.255 e. The van der Waals surface area contributed by atoms with Crippen molar-refractivity contribution in [2.45, 2.75) is 18.2 Å². The number of benzene rings is 2. The number of carbonyl (C=O) groups excluding carboxylic acids is 1. The van der Waals surface area contributed by atoms with E-state index in [0.717, 1.165) is 16.9 Å². The summed E-state index contributed by atoms with van der Waals surface area (Å²) in [5, 5.41) is 6.83. The number of rotatable bonds is 3. The van der Waals surface area contributed by atoms with Crippen LogP contribution in [0.1, 0.15) is 15.9 Å². The second kappa shape index (κ2) is 7.01.